The van der Waals surface area contributed by atoms with Crippen LogP contribution in [0.2, 0.25) is 4.47 Å². The van der Waals surface area contributed by atoms with Gasteiger partial charge in [0.2, 0.25) is 5.92 Å². The average molecular weight is 253 g/mol. The molecular weight excluding hydrogens is 242 g/mol. The lowest BCUT2D eigenvalue weighted by atomic mass is 9.80. The van der Waals surface area contributed by atoms with Gasteiger partial charge < -0.3 is 5.73 Å². The molecule has 0 bridgehead atoms. The lowest BCUT2D eigenvalue weighted by molar-refractivity contribution is -0.0509. The van der Waals surface area contributed by atoms with Crippen LogP contribution in [-0.2, 0) is 5.54 Å². The summed E-state index contributed by atoms with van der Waals surface area (Å²) in [5.74, 6) is -2.56. The summed E-state index contributed by atoms with van der Waals surface area (Å²) < 4.78 is 26.4. The van der Waals surface area contributed by atoms with Crippen LogP contribution in [0.4, 0.5) is 8.78 Å². The maximum atomic E-state index is 13.0. The van der Waals surface area contributed by atoms with Gasteiger partial charge in [-0.15, -0.1) is 11.3 Å². The monoisotopic (exact) mass is 252 g/mol. The lowest BCUT2D eigenvalue weighted by Crippen LogP contribution is -2.42. The predicted molar refractivity (Wildman–Crippen MR) is 56.4 cm³/mol. The molecule has 1 aliphatic rings. The molecular formula is C9H11ClF2N2S. The Morgan fingerprint density at radius 1 is 1.33 bits per heavy atom. The lowest BCUT2D eigenvalue weighted by Gasteiger charge is -2.35. The molecule has 2 rings (SSSR count). The highest BCUT2D eigenvalue weighted by molar-refractivity contribution is 7.15. The van der Waals surface area contributed by atoms with Crippen LogP contribution in [0.5, 0.6) is 0 Å². The number of rotatable bonds is 1. The van der Waals surface area contributed by atoms with E-state index in [4.69, 9.17) is 17.3 Å². The molecule has 0 spiro atoms. The second-order valence-electron chi connectivity index (χ2n) is 3.99. The smallest absolute Gasteiger partial charge is 0.248 e. The summed E-state index contributed by atoms with van der Waals surface area (Å²) in [4.78, 5) is 4.70. The molecule has 1 aromatic rings. The Hall–Kier alpha value is -0.260. The number of halogens is 3. The van der Waals surface area contributed by atoms with E-state index in [0.29, 0.717) is 17.3 Å². The van der Waals surface area contributed by atoms with Crippen LogP contribution >= 0.6 is 22.9 Å². The first-order valence-electron chi connectivity index (χ1n) is 4.70. The molecule has 2 N–H and O–H groups in total. The number of alkyl halides is 2. The zero-order chi connectivity index (χ0) is 11.1. The molecule has 0 amide bonds. The van der Waals surface area contributed by atoms with Gasteiger partial charge in [0, 0.05) is 23.9 Å². The fourth-order valence-electron chi connectivity index (χ4n) is 1.79. The summed E-state index contributed by atoms with van der Waals surface area (Å²) in [5, 5.41) is 0. The van der Waals surface area contributed by atoms with Gasteiger partial charge in [0.05, 0.1) is 5.54 Å². The first-order chi connectivity index (χ1) is 6.91. The molecule has 1 heterocycles. The maximum Gasteiger partial charge on any atom is 0.248 e. The minimum atomic E-state index is -2.56. The summed E-state index contributed by atoms with van der Waals surface area (Å²) >= 11 is 6.98. The van der Waals surface area contributed by atoms with E-state index in [2.05, 4.69) is 4.98 Å². The van der Waals surface area contributed by atoms with Crippen LogP contribution in [0.25, 0.3) is 0 Å². The topological polar surface area (TPSA) is 38.9 Å². The molecule has 0 radical (unpaired) electrons. The van der Waals surface area contributed by atoms with Crippen LogP contribution in [-0.4, -0.2) is 10.9 Å². The summed E-state index contributed by atoms with van der Waals surface area (Å²) in [6.45, 7) is 0. The summed E-state index contributed by atoms with van der Waals surface area (Å²) in [6, 6.07) is 0. The third-order valence-corrected chi connectivity index (χ3v) is 4.18. The summed E-state index contributed by atoms with van der Waals surface area (Å²) in [5.41, 5.74) is 5.43. The Balaban J connectivity index is 2.16. The Bertz CT molecular complexity index is 357. The Kier molecular flexibility index (Phi) is 2.73. The Morgan fingerprint density at radius 3 is 2.40 bits per heavy atom. The fourth-order valence-corrected chi connectivity index (χ4v) is 2.89. The first kappa shape index (κ1) is 11.2. The van der Waals surface area contributed by atoms with Gasteiger partial charge in [0.25, 0.3) is 0 Å². The van der Waals surface area contributed by atoms with Crippen molar-refractivity contribution in [2.45, 2.75) is 37.1 Å². The average Bonchev–Trinajstić information content (AvgIpc) is 2.59. The van der Waals surface area contributed by atoms with E-state index in [9.17, 15) is 8.78 Å². The van der Waals surface area contributed by atoms with Gasteiger partial charge >= 0.3 is 0 Å². The Morgan fingerprint density at radius 2 is 1.93 bits per heavy atom. The fraction of sp³-hybridized carbons (Fsp3) is 0.667. The zero-order valence-corrected chi connectivity index (χ0v) is 9.54. The third-order valence-electron chi connectivity index (χ3n) is 2.84. The predicted octanol–water partition coefficient (Wildman–Crippen LogP) is 3.16. The van der Waals surface area contributed by atoms with Crippen molar-refractivity contribution < 1.29 is 8.78 Å². The van der Waals surface area contributed by atoms with Crippen molar-refractivity contribution >= 4 is 22.9 Å². The largest absolute Gasteiger partial charge is 0.321 e. The van der Waals surface area contributed by atoms with Gasteiger partial charge in [-0.3, -0.25) is 0 Å². The van der Waals surface area contributed by atoms with E-state index in [1.165, 1.54) is 11.3 Å². The van der Waals surface area contributed by atoms with E-state index in [1.54, 1.807) is 6.20 Å². The van der Waals surface area contributed by atoms with Crippen molar-refractivity contribution in [2.75, 3.05) is 0 Å². The highest BCUT2D eigenvalue weighted by Gasteiger charge is 2.42. The molecule has 1 aromatic heterocycles. The van der Waals surface area contributed by atoms with Crippen molar-refractivity contribution in [3.8, 4) is 0 Å². The number of nitrogens with zero attached hydrogens (tertiary/aromatic N) is 1. The number of thiazole rings is 1. The van der Waals surface area contributed by atoms with E-state index in [1.807, 2.05) is 0 Å². The molecule has 0 atom stereocenters. The maximum absolute atomic E-state index is 13.0. The molecule has 1 fully saturated rings. The van der Waals surface area contributed by atoms with Crippen molar-refractivity contribution in [1.82, 2.24) is 4.98 Å². The highest BCUT2D eigenvalue weighted by Crippen LogP contribution is 2.43. The molecule has 0 aromatic carbocycles. The Labute approximate surface area is 95.4 Å². The zero-order valence-electron chi connectivity index (χ0n) is 7.97. The van der Waals surface area contributed by atoms with Gasteiger partial charge in [0.15, 0.2) is 4.47 Å². The molecule has 15 heavy (non-hydrogen) atoms. The van der Waals surface area contributed by atoms with Crippen molar-refractivity contribution in [3.63, 3.8) is 0 Å². The third kappa shape index (κ3) is 2.29. The molecule has 6 heteroatoms. The molecule has 0 unspecified atom stereocenters. The SMILES string of the molecule is NC1(c2cnc(Cl)s2)CCC(F)(F)CC1. The van der Waals surface area contributed by atoms with Gasteiger partial charge in [0.1, 0.15) is 0 Å². The van der Waals surface area contributed by atoms with E-state index >= 15 is 0 Å². The van der Waals surface area contributed by atoms with Crippen LogP contribution in [0, 0.1) is 0 Å². The summed E-state index contributed by atoms with van der Waals surface area (Å²) in [7, 11) is 0. The van der Waals surface area contributed by atoms with Crippen LogP contribution in [0.15, 0.2) is 6.20 Å². The molecule has 0 aliphatic heterocycles. The van der Waals surface area contributed by atoms with Gasteiger partial charge in [-0.2, -0.15) is 0 Å². The van der Waals surface area contributed by atoms with Gasteiger partial charge in [-0.1, -0.05) is 11.6 Å². The van der Waals surface area contributed by atoms with Crippen LogP contribution < -0.4 is 5.73 Å². The normalized spacial score (nSPS) is 24.0. The number of hydrogen-bond donors (Lipinski definition) is 1. The minimum Gasteiger partial charge on any atom is -0.321 e. The van der Waals surface area contributed by atoms with Gasteiger partial charge in [-0.25, -0.2) is 13.8 Å². The van der Waals surface area contributed by atoms with E-state index in [-0.39, 0.29) is 12.8 Å². The molecule has 84 valence electrons. The number of hydrogen-bond acceptors (Lipinski definition) is 3. The van der Waals surface area contributed by atoms with Crippen LogP contribution in [0.1, 0.15) is 30.6 Å². The summed E-state index contributed by atoms with van der Waals surface area (Å²) in [6.07, 6.45) is 1.87. The van der Waals surface area contributed by atoms with Crippen LogP contribution in [0.3, 0.4) is 0 Å². The second kappa shape index (κ2) is 3.64. The van der Waals surface area contributed by atoms with Crippen molar-refractivity contribution in [2.24, 2.45) is 5.73 Å². The molecule has 2 nitrogen and oxygen atoms in total. The number of aromatic nitrogens is 1. The molecule has 1 aliphatic carbocycles. The minimum absolute atomic E-state index is 0.154. The second-order valence-corrected chi connectivity index (χ2v) is 5.60. The van der Waals surface area contributed by atoms with E-state index in [0.717, 1.165) is 4.88 Å². The van der Waals surface area contributed by atoms with Gasteiger partial charge in [-0.05, 0) is 12.8 Å². The quantitative estimate of drug-likeness (QED) is 0.834. The molecule has 1 saturated carbocycles. The van der Waals surface area contributed by atoms with E-state index < -0.39 is 11.5 Å². The highest BCUT2D eigenvalue weighted by atomic mass is 35.5. The standard InChI is InChI=1S/C9H11ClF2N2S/c10-7-14-5-6(15-7)8(13)1-3-9(11,12)4-2-8/h5H,1-4,13H2. The van der Waals surface area contributed by atoms with Crippen molar-refractivity contribution in [3.05, 3.63) is 15.5 Å². The number of nitrogens with two attached hydrogens (primary N) is 1. The van der Waals surface area contributed by atoms with Crippen molar-refractivity contribution in [1.29, 1.82) is 0 Å². The molecule has 0 saturated heterocycles. The first-order valence-corrected chi connectivity index (χ1v) is 5.89.